The van der Waals surface area contributed by atoms with E-state index < -0.39 is 10.0 Å². The summed E-state index contributed by atoms with van der Waals surface area (Å²) in [6.45, 7) is 11.0. The molecule has 1 N–H and O–H groups in total. The zero-order valence-corrected chi connectivity index (χ0v) is 26.3. The smallest absolute Gasteiger partial charge is 0.240 e. The molecule has 0 saturated carbocycles. The first-order valence-corrected chi connectivity index (χ1v) is 16.7. The number of ether oxygens (including phenoxy) is 2. The SMILES string of the molecule is C=C(C)CNS(=O)(=O)c1ccc(CCN(Cc2cc(Cl)ccc2OCCN2CCOCC2)C(=O)Cc2ccsc2)cc1. The fourth-order valence-electron chi connectivity index (χ4n) is 4.50. The monoisotopic (exact) mass is 631 g/mol. The topological polar surface area (TPSA) is 88.2 Å². The van der Waals surface area contributed by atoms with Gasteiger partial charge in [-0.05, 0) is 71.6 Å². The fraction of sp³-hybridized carbons (Fsp3) is 0.387. The molecular weight excluding hydrogens is 594 g/mol. The van der Waals surface area contributed by atoms with Gasteiger partial charge in [-0.2, -0.15) is 11.3 Å². The normalized spacial score (nSPS) is 14.0. The summed E-state index contributed by atoms with van der Waals surface area (Å²) in [7, 11) is -3.62. The van der Waals surface area contributed by atoms with Crippen LogP contribution in [0.1, 0.15) is 23.6 Å². The van der Waals surface area contributed by atoms with E-state index in [1.54, 1.807) is 48.6 Å². The molecule has 3 aromatic rings. The van der Waals surface area contributed by atoms with Gasteiger partial charge in [0.2, 0.25) is 15.9 Å². The zero-order chi connectivity index (χ0) is 30.0. The van der Waals surface area contributed by atoms with Gasteiger partial charge >= 0.3 is 0 Å². The molecule has 0 atom stereocenters. The molecule has 11 heteroatoms. The van der Waals surface area contributed by atoms with Gasteiger partial charge in [-0.1, -0.05) is 35.9 Å². The summed E-state index contributed by atoms with van der Waals surface area (Å²) in [5.74, 6) is 0.702. The van der Waals surface area contributed by atoms with Crippen molar-refractivity contribution in [2.45, 2.75) is 31.2 Å². The van der Waals surface area contributed by atoms with Crippen molar-refractivity contribution in [1.82, 2.24) is 14.5 Å². The van der Waals surface area contributed by atoms with E-state index in [0.29, 0.717) is 43.3 Å². The van der Waals surface area contributed by atoms with Gasteiger partial charge in [0, 0.05) is 49.9 Å². The summed E-state index contributed by atoms with van der Waals surface area (Å²) >= 11 is 7.94. The van der Waals surface area contributed by atoms with Crippen LogP contribution in [0.25, 0.3) is 0 Å². The number of hydrogen-bond donors (Lipinski definition) is 1. The first kappa shape index (κ1) is 32.2. The molecule has 1 aliphatic rings. The summed E-state index contributed by atoms with van der Waals surface area (Å²) in [5.41, 5.74) is 3.47. The predicted molar refractivity (Wildman–Crippen MR) is 168 cm³/mol. The van der Waals surface area contributed by atoms with E-state index in [0.717, 1.165) is 55.1 Å². The quantitative estimate of drug-likeness (QED) is 0.243. The number of rotatable bonds is 15. The van der Waals surface area contributed by atoms with Crippen LogP contribution >= 0.6 is 22.9 Å². The van der Waals surface area contributed by atoms with Crippen LogP contribution in [-0.4, -0.2) is 76.7 Å². The van der Waals surface area contributed by atoms with Gasteiger partial charge in [0.15, 0.2) is 0 Å². The van der Waals surface area contributed by atoms with E-state index in [2.05, 4.69) is 16.2 Å². The van der Waals surface area contributed by atoms with Crippen LogP contribution in [0.15, 0.2) is 76.3 Å². The average molecular weight is 632 g/mol. The van der Waals surface area contributed by atoms with Gasteiger partial charge in [0.25, 0.3) is 0 Å². The van der Waals surface area contributed by atoms with Gasteiger partial charge in [0.05, 0.1) is 24.5 Å². The number of hydrogen-bond acceptors (Lipinski definition) is 7. The second-order valence-electron chi connectivity index (χ2n) is 10.4. The Morgan fingerprint density at radius 3 is 2.60 bits per heavy atom. The minimum absolute atomic E-state index is 0.00386. The van der Waals surface area contributed by atoms with Crippen LogP contribution < -0.4 is 9.46 Å². The van der Waals surface area contributed by atoms with Crippen molar-refractivity contribution in [1.29, 1.82) is 0 Å². The van der Waals surface area contributed by atoms with Crippen LogP contribution in [-0.2, 0) is 38.9 Å². The Morgan fingerprint density at radius 2 is 1.90 bits per heavy atom. The molecule has 226 valence electrons. The lowest BCUT2D eigenvalue weighted by Gasteiger charge is -2.27. The van der Waals surface area contributed by atoms with Crippen LogP contribution in [0, 0.1) is 0 Å². The highest BCUT2D eigenvalue weighted by atomic mass is 35.5. The highest BCUT2D eigenvalue weighted by Crippen LogP contribution is 2.25. The van der Waals surface area contributed by atoms with Crippen molar-refractivity contribution in [2.24, 2.45) is 0 Å². The number of carbonyl (C=O) groups excluding carboxylic acids is 1. The molecule has 1 fully saturated rings. The Balaban J connectivity index is 1.45. The Kier molecular flexibility index (Phi) is 12.0. The zero-order valence-electron chi connectivity index (χ0n) is 23.9. The van der Waals surface area contributed by atoms with E-state index >= 15 is 0 Å². The number of thiophene rings is 1. The lowest BCUT2D eigenvalue weighted by molar-refractivity contribution is -0.131. The molecule has 0 unspecified atom stereocenters. The second-order valence-corrected chi connectivity index (χ2v) is 13.3. The summed E-state index contributed by atoms with van der Waals surface area (Å²) in [6, 6.07) is 14.2. The number of sulfonamides is 1. The first-order valence-electron chi connectivity index (χ1n) is 13.9. The van der Waals surface area contributed by atoms with Crippen molar-refractivity contribution in [2.75, 3.05) is 52.5 Å². The third kappa shape index (κ3) is 9.93. The second kappa shape index (κ2) is 15.7. The van der Waals surface area contributed by atoms with Crippen molar-refractivity contribution in [3.05, 3.63) is 93.2 Å². The molecule has 1 aromatic heterocycles. The molecule has 0 aliphatic carbocycles. The molecular formula is C31H38ClN3O5S2. The van der Waals surface area contributed by atoms with Crippen LogP contribution in [0.3, 0.4) is 0 Å². The maximum absolute atomic E-state index is 13.5. The Morgan fingerprint density at radius 1 is 1.14 bits per heavy atom. The summed E-state index contributed by atoms with van der Waals surface area (Å²) < 4.78 is 39.2. The summed E-state index contributed by atoms with van der Waals surface area (Å²) in [6.07, 6.45) is 0.853. The molecule has 1 amide bonds. The number of nitrogens with zero attached hydrogens (tertiary/aromatic N) is 2. The van der Waals surface area contributed by atoms with Crippen LogP contribution in [0.5, 0.6) is 5.75 Å². The fourth-order valence-corrected chi connectivity index (χ4v) is 6.46. The molecule has 0 bridgehead atoms. The van der Waals surface area contributed by atoms with Crippen molar-refractivity contribution in [3.63, 3.8) is 0 Å². The molecule has 2 aromatic carbocycles. The van der Waals surface area contributed by atoms with Gasteiger partial charge in [-0.3, -0.25) is 9.69 Å². The van der Waals surface area contributed by atoms with E-state index in [1.807, 2.05) is 33.9 Å². The minimum Gasteiger partial charge on any atom is -0.492 e. The third-order valence-corrected chi connectivity index (χ3v) is 9.29. The highest BCUT2D eigenvalue weighted by molar-refractivity contribution is 7.89. The predicted octanol–water partition coefficient (Wildman–Crippen LogP) is 4.78. The number of nitrogens with one attached hydrogen (secondary N) is 1. The minimum atomic E-state index is -3.62. The van der Waals surface area contributed by atoms with Crippen molar-refractivity contribution < 1.29 is 22.7 Å². The van der Waals surface area contributed by atoms with E-state index in [4.69, 9.17) is 21.1 Å². The lowest BCUT2D eigenvalue weighted by atomic mass is 10.1. The number of carbonyl (C=O) groups is 1. The summed E-state index contributed by atoms with van der Waals surface area (Å²) in [4.78, 5) is 17.8. The molecule has 2 heterocycles. The van der Waals surface area contributed by atoms with Gasteiger partial charge in [0.1, 0.15) is 12.4 Å². The molecule has 1 aliphatic heterocycles. The highest BCUT2D eigenvalue weighted by Gasteiger charge is 2.19. The number of amides is 1. The molecule has 42 heavy (non-hydrogen) atoms. The Labute approximate surface area is 257 Å². The van der Waals surface area contributed by atoms with Gasteiger partial charge in [-0.15, -0.1) is 0 Å². The van der Waals surface area contributed by atoms with Crippen molar-refractivity contribution >= 4 is 38.9 Å². The average Bonchev–Trinajstić information content (AvgIpc) is 3.49. The van der Waals surface area contributed by atoms with E-state index in [1.165, 1.54) is 0 Å². The number of morpholine rings is 1. The number of benzene rings is 2. The molecule has 1 saturated heterocycles. The maximum atomic E-state index is 13.5. The molecule has 4 rings (SSSR count). The molecule has 0 spiro atoms. The maximum Gasteiger partial charge on any atom is 0.240 e. The van der Waals surface area contributed by atoms with E-state index in [-0.39, 0.29) is 17.3 Å². The Hall–Kier alpha value is -2.73. The Bertz CT molecular complexity index is 1420. The lowest BCUT2D eigenvalue weighted by Crippen LogP contribution is -2.38. The first-order chi connectivity index (χ1) is 20.2. The van der Waals surface area contributed by atoms with E-state index in [9.17, 15) is 13.2 Å². The van der Waals surface area contributed by atoms with Gasteiger partial charge < -0.3 is 14.4 Å². The molecule has 0 radical (unpaired) electrons. The van der Waals surface area contributed by atoms with Crippen molar-refractivity contribution in [3.8, 4) is 5.75 Å². The largest absolute Gasteiger partial charge is 0.492 e. The summed E-state index contributed by atoms with van der Waals surface area (Å²) in [5, 5.41) is 4.52. The molecule has 8 nitrogen and oxygen atoms in total. The third-order valence-electron chi connectivity index (χ3n) is 6.91. The van der Waals surface area contributed by atoms with Crippen LogP contribution in [0.2, 0.25) is 5.02 Å². The standard InChI is InChI=1S/C31H38ClN3O5S2/c1-24(2)21-33-42(37,38)29-6-3-25(4-7-29)9-11-35(31(36)19-26-10-18-41-23-26)22-27-20-28(32)5-8-30(27)40-17-14-34-12-15-39-16-13-34/h3-8,10,18,20,23,33H,1,9,11-17,19,21-22H2,2H3. The van der Waals surface area contributed by atoms with Crippen LogP contribution in [0.4, 0.5) is 0 Å². The van der Waals surface area contributed by atoms with Gasteiger partial charge in [-0.25, -0.2) is 13.1 Å². The number of halogens is 1.